The molecule has 1 aromatic carbocycles. The average molecular weight is 320 g/mol. The molecule has 1 unspecified atom stereocenters. The number of hydrogen-bond donors (Lipinski definition) is 0. The second-order valence-corrected chi connectivity index (χ2v) is 7.13. The van der Waals surface area contributed by atoms with Gasteiger partial charge in [0, 0.05) is 25.6 Å². The van der Waals surface area contributed by atoms with Crippen molar-refractivity contribution in [3.8, 4) is 0 Å². The number of hydrazine groups is 1. The van der Waals surface area contributed by atoms with Crippen LogP contribution in [-0.2, 0) is 4.84 Å². The molecule has 2 rings (SSSR count). The van der Waals surface area contributed by atoms with Crippen molar-refractivity contribution in [3.05, 3.63) is 41.1 Å². The van der Waals surface area contributed by atoms with Crippen LogP contribution < -0.4 is 0 Å². The second kappa shape index (κ2) is 7.17. The van der Waals surface area contributed by atoms with Gasteiger partial charge in [0.05, 0.1) is 17.6 Å². The molecule has 0 aromatic heterocycles. The third-order valence-electron chi connectivity index (χ3n) is 4.50. The van der Waals surface area contributed by atoms with Crippen LogP contribution in [0.1, 0.15) is 45.7 Å². The lowest BCUT2D eigenvalue weighted by molar-refractivity contribution is -0.720. The molecule has 2 atom stereocenters. The zero-order valence-electron chi connectivity index (χ0n) is 14.8. The van der Waals surface area contributed by atoms with Gasteiger partial charge in [0.2, 0.25) is 5.28 Å². The SMILES string of the molecule is CC(c1ccccc1)N1CC[C@@H](O/N=[N+](/[O-])N(C)C(C)(C)C)C1. The van der Waals surface area contributed by atoms with Crippen molar-refractivity contribution in [1.29, 1.82) is 0 Å². The molecule has 6 nitrogen and oxygen atoms in total. The van der Waals surface area contributed by atoms with Crippen molar-refractivity contribution < 1.29 is 9.81 Å². The lowest BCUT2D eigenvalue weighted by atomic mass is 10.1. The van der Waals surface area contributed by atoms with Crippen LogP contribution in [0.2, 0.25) is 0 Å². The summed E-state index contributed by atoms with van der Waals surface area (Å²) in [6.45, 7) is 9.78. The summed E-state index contributed by atoms with van der Waals surface area (Å²) in [5.41, 5.74) is 1.00. The first-order valence-corrected chi connectivity index (χ1v) is 8.16. The summed E-state index contributed by atoms with van der Waals surface area (Å²) in [5, 5.41) is 17.1. The third kappa shape index (κ3) is 4.58. The van der Waals surface area contributed by atoms with Crippen LogP contribution in [0.25, 0.3) is 0 Å². The van der Waals surface area contributed by atoms with Crippen LogP contribution in [0, 0.1) is 5.21 Å². The highest BCUT2D eigenvalue weighted by molar-refractivity contribution is 5.18. The van der Waals surface area contributed by atoms with Gasteiger partial charge in [-0.1, -0.05) is 30.3 Å². The molecule has 0 bridgehead atoms. The van der Waals surface area contributed by atoms with E-state index in [1.54, 1.807) is 7.05 Å². The fraction of sp³-hybridized carbons (Fsp3) is 0.647. The second-order valence-electron chi connectivity index (χ2n) is 7.13. The Morgan fingerprint density at radius 1 is 1.35 bits per heavy atom. The molecule has 128 valence electrons. The Morgan fingerprint density at radius 2 is 2.00 bits per heavy atom. The van der Waals surface area contributed by atoms with E-state index in [1.165, 1.54) is 10.6 Å². The van der Waals surface area contributed by atoms with Gasteiger partial charge in [-0.15, -0.1) is 5.01 Å². The van der Waals surface area contributed by atoms with Crippen molar-refractivity contribution in [2.45, 2.75) is 51.8 Å². The number of likely N-dealkylation sites (tertiary alicyclic amines) is 1. The van der Waals surface area contributed by atoms with Crippen molar-refractivity contribution in [2.75, 3.05) is 20.1 Å². The van der Waals surface area contributed by atoms with E-state index >= 15 is 0 Å². The number of benzene rings is 1. The smallest absolute Gasteiger partial charge is 0.233 e. The third-order valence-corrected chi connectivity index (χ3v) is 4.50. The summed E-state index contributed by atoms with van der Waals surface area (Å²) in [4.78, 5) is 8.34. The van der Waals surface area contributed by atoms with E-state index in [9.17, 15) is 5.21 Å². The predicted octanol–water partition coefficient (Wildman–Crippen LogP) is 3.36. The molecule has 1 fully saturated rings. The molecule has 0 aliphatic carbocycles. The molecule has 23 heavy (non-hydrogen) atoms. The maximum atomic E-state index is 11.9. The summed E-state index contributed by atoms with van der Waals surface area (Å²) in [7, 11) is 1.71. The zero-order chi connectivity index (χ0) is 17.0. The Balaban J connectivity index is 1.88. The van der Waals surface area contributed by atoms with Gasteiger partial charge in [-0.05, 0) is 33.3 Å². The molecule has 1 saturated heterocycles. The molecule has 1 aliphatic heterocycles. The molecule has 0 N–H and O–H groups in total. The molecular formula is C17H28N4O2. The van der Waals surface area contributed by atoms with Gasteiger partial charge in [0.15, 0.2) is 0 Å². The Kier molecular flexibility index (Phi) is 5.46. The van der Waals surface area contributed by atoms with Crippen molar-refractivity contribution in [1.82, 2.24) is 9.91 Å². The Morgan fingerprint density at radius 3 is 2.61 bits per heavy atom. The number of nitrogens with zero attached hydrogens (tertiary/aromatic N) is 4. The minimum absolute atomic E-state index is 0.0361. The minimum atomic E-state index is -0.294. The van der Waals surface area contributed by atoms with E-state index in [2.05, 4.69) is 41.4 Å². The van der Waals surface area contributed by atoms with Gasteiger partial charge in [-0.25, -0.2) is 0 Å². The van der Waals surface area contributed by atoms with Crippen molar-refractivity contribution >= 4 is 0 Å². The summed E-state index contributed by atoms with van der Waals surface area (Å²) >= 11 is 0. The Labute approximate surface area is 138 Å². The highest BCUT2D eigenvalue weighted by Crippen LogP contribution is 2.25. The summed E-state index contributed by atoms with van der Waals surface area (Å²) in [6, 6.07) is 10.8. The van der Waals surface area contributed by atoms with E-state index in [0.717, 1.165) is 19.5 Å². The lowest BCUT2D eigenvalue weighted by Gasteiger charge is -2.26. The van der Waals surface area contributed by atoms with Crippen LogP contribution in [0.4, 0.5) is 0 Å². The van der Waals surface area contributed by atoms with Crippen LogP contribution in [0.3, 0.4) is 0 Å². The topological polar surface area (TPSA) is 54.1 Å². The number of hydrogen-bond acceptors (Lipinski definition) is 4. The van der Waals surface area contributed by atoms with Gasteiger partial charge in [-0.2, -0.15) is 0 Å². The van der Waals surface area contributed by atoms with Crippen LogP contribution in [0.5, 0.6) is 0 Å². The lowest BCUT2D eigenvalue weighted by Crippen LogP contribution is -2.42. The van der Waals surface area contributed by atoms with Crippen molar-refractivity contribution in [3.63, 3.8) is 0 Å². The molecular weight excluding hydrogens is 292 g/mol. The van der Waals surface area contributed by atoms with Gasteiger partial charge >= 0.3 is 0 Å². The fourth-order valence-electron chi connectivity index (χ4n) is 2.55. The molecule has 6 heteroatoms. The molecule has 0 radical (unpaired) electrons. The first-order valence-electron chi connectivity index (χ1n) is 8.16. The van der Waals surface area contributed by atoms with E-state index < -0.39 is 0 Å². The van der Waals surface area contributed by atoms with E-state index in [-0.39, 0.29) is 11.6 Å². The normalized spacial score (nSPS) is 21.3. The van der Waals surface area contributed by atoms with Crippen molar-refractivity contribution in [2.24, 2.45) is 5.28 Å². The molecule has 1 heterocycles. The van der Waals surface area contributed by atoms with Gasteiger partial charge in [0.25, 0.3) is 0 Å². The van der Waals surface area contributed by atoms with E-state index in [4.69, 9.17) is 4.84 Å². The first kappa shape index (κ1) is 17.5. The summed E-state index contributed by atoms with van der Waals surface area (Å²) in [5.74, 6) is 0. The molecule has 1 aliphatic rings. The Hall–Kier alpha value is -1.82. The average Bonchev–Trinajstić information content (AvgIpc) is 3.00. The zero-order valence-corrected chi connectivity index (χ0v) is 14.8. The highest BCUT2D eigenvalue weighted by Gasteiger charge is 2.30. The summed E-state index contributed by atoms with van der Waals surface area (Å²) in [6.07, 6.45) is 0.847. The summed E-state index contributed by atoms with van der Waals surface area (Å²) < 4.78 is 0. The van der Waals surface area contributed by atoms with Crippen LogP contribution in [0.15, 0.2) is 35.6 Å². The Bertz CT molecular complexity index is 527. The quantitative estimate of drug-likeness (QED) is 0.474. The van der Waals surface area contributed by atoms with Gasteiger partial charge in [0.1, 0.15) is 6.10 Å². The van der Waals surface area contributed by atoms with E-state index in [0.29, 0.717) is 11.0 Å². The minimum Gasteiger partial charge on any atom is -0.569 e. The molecule has 1 aromatic rings. The van der Waals surface area contributed by atoms with Gasteiger partial charge in [-0.3, -0.25) is 4.90 Å². The monoisotopic (exact) mass is 320 g/mol. The maximum Gasteiger partial charge on any atom is 0.233 e. The molecule has 0 amide bonds. The fourth-order valence-corrected chi connectivity index (χ4v) is 2.55. The highest BCUT2D eigenvalue weighted by atomic mass is 16.7. The predicted molar refractivity (Wildman–Crippen MR) is 89.5 cm³/mol. The van der Waals surface area contributed by atoms with Crippen LogP contribution >= 0.6 is 0 Å². The standard InChI is InChI=1S/C17H28N4O2/c1-14(15-9-7-6-8-10-15)20-12-11-16(13-20)23-18-21(22)19(5)17(2,3)4/h6-10,14,16H,11-13H2,1-5H3/b21-18+/t14?,16-/m1/s1. The maximum absolute atomic E-state index is 11.9. The molecule has 0 spiro atoms. The first-order chi connectivity index (χ1) is 10.8. The van der Waals surface area contributed by atoms with E-state index in [1.807, 2.05) is 26.8 Å². The van der Waals surface area contributed by atoms with Crippen LogP contribution in [-0.4, -0.2) is 46.7 Å². The van der Waals surface area contributed by atoms with Gasteiger partial charge < -0.3 is 10.0 Å². The number of rotatable bonds is 5. The largest absolute Gasteiger partial charge is 0.569 e. The molecule has 0 saturated carbocycles.